The Morgan fingerprint density at radius 2 is 1.96 bits per heavy atom. The Kier molecular flexibility index (Phi) is 4.23. The van der Waals surface area contributed by atoms with Gasteiger partial charge < -0.3 is 10.5 Å². The summed E-state index contributed by atoms with van der Waals surface area (Å²) < 4.78 is 18.7. The molecule has 3 aromatic rings. The van der Waals surface area contributed by atoms with E-state index in [4.69, 9.17) is 10.5 Å². The molecule has 0 fully saturated rings. The molecule has 0 saturated carbocycles. The lowest BCUT2D eigenvalue weighted by atomic mass is 10.2. The smallest absolute Gasteiger partial charge is 0.263 e. The minimum absolute atomic E-state index is 0.0889. The topological polar surface area (TPSA) is 91.2 Å². The molecular formula is C15H13FN6O. The fraction of sp³-hybridized carbons (Fsp3) is 0.0667. The molecule has 1 aromatic heterocycles. The molecule has 0 spiro atoms. The number of nitrogens with zero attached hydrogens (tertiary/aromatic N) is 5. The number of tetrazole rings is 1. The van der Waals surface area contributed by atoms with E-state index in [1.54, 1.807) is 18.3 Å². The Morgan fingerprint density at radius 1 is 1.17 bits per heavy atom. The third-order valence-electron chi connectivity index (χ3n) is 3.01. The van der Waals surface area contributed by atoms with Gasteiger partial charge in [0.1, 0.15) is 18.2 Å². The Balaban J connectivity index is 1.74. The van der Waals surface area contributed by atoms with Gasteiger partial charge in [0, 0.05) is 5.56 Å². The van der Waals surface area contributed by atoms with E-state index in [2.05, 4.69) is 20.6 Å². The number of halogens is 1. The highest BCUT2D eigenvalue weighted by molar-refractivity contribution is 5.83. The molecule has 0 unspecified atom stereocenters. The van der Waals surface area contributed by atoms with Crippen molar-refractivity contribution in [3.05, 3.63) is 65.5 Å². The number of ether oxygens (including phenoxy) is 1. The summed E-state index contributed by atoms with van der Waals surface area (Å²) in [7, 11) is 0. The van der Waals surface area contributed by atoms with Gasteiger partial charge in [-0.3, -0.25) is 0 Å². The van der Waals surface area contributed by atoms with Crippen LogP contribution in [0.3, 0.4) is 0 Å². The molecular weight excluding hydrogens is 299 g/mol. The molecule has 2 aromatic carbocycles. The number of rotatable bonds is 5. The second kappa shape index (κ2) is 6.65. The molecule has 3 rings (SSSR count). The van der Waals surface area contributed by atoms with E-state index in [-0.39, 0.29) is 11.8 Å². The summed E-state index contributed by atoms with van der Waals surface area (Å²) in [5, 5.41) is 14.6. The molecule has 23 heavy (non-hydrogen) atoms. The molecule has 0 aliphatic carbocycles. The number of hydrogen-bond acceptors (Lipinski definition) is 6. The molecule has 0 bridgehead atoms. The average Bonchev–Trinajstić information content (AvgIpc) is 2.98. The first-order valence-electron chi connectivity index (χ1n) is 6.77. The summed E-state index contributed by atoms with van der Waals surface area (Å²) in [5.74, 6) is 0.443. The van der Waals surface area contributed by atoms with Crippen LogP contribution in [-0.4, -0.2) is 26.5 Å². The number of benzene rings is 2. The maximum absolute atomic E-state index is 12.9. The van der Waals surface area contributed by atoms with Crippen molar-refractivity contribution in [1.82, 2.24) is 20.3 Å². The van der Waals surface area contributed by atoms with Gasteiger partial charge in [-0.25, -0.2) is 4.39 Å². The van der Waals surface area contributed by atoms with Crippen LogP contribution in [0, 0.1) is 5.82 Å². The third-order valence-corrected chi connectivity index (χ3v) is 3.01. The van der Waals surface area contributed by atoms with Crippen molar-refractivity contribution < 1.29 is 9.13 Å². The molecule has 0 atom stereocenters. The van der Waals surface area contributed by atoms with Crippen molar-refractivity contribution in [2.75, 3.05) is 5.73 Å². The van der Waals surface area contributed by atoms with Gasteiger partial charge in [-0.1, -0.05) is 34.2 Å². The van der Waals surface area contributed by atoms with Gasteiger partial charge >= 0.3 is 0 Å². The van der Waals surface area contributed by atoms with E-state index in [1.807, 2.05) is 24.3 Å². The Bertz CT molecular complexity index is 815. The SMILES string of the molecule is Nc1nnnn1/N=C\c1ccccc1OCc1ccc(F)cc1. The van der Waals surface area contributed by atoms with Gasteiger partial charge in [0.25, 0.3) is 5.95 Å². The van der Waals surface area contributed by atoms with Crippen LogP contribution in [0.15, 0.2) is 53.6 Å². The summed E-state index contributed by atoms with van der Waals surface area (Å²) in [6, 6.07) is 13.5. The van der Waals surface area contributed by atoms with Crippen molar-refractivity contribution in [3.63, 3.8) is 0 Å². The van der Waals surface area contributed by atoms with Gasteiger partial charge in [-0.2, -0.15) is 5.10 Å². The van der Waals surface area contributed by atoms with Crippen LogP contribution in [0.25, 0.3) is 0 Å². The lowest BCUT2D eigenvalue weighted by molar-refractivity contribution is 0.305. The molecule has 1 heterocycles. The fourth-order valence-corrected chi connectivity index (χ4v) is 1.85. The van der Waals surface area contributed by atoms with Crippen LogP contribution in [0.1, 0.15) is 11.1 Å². The number of para-hydroxylation sites is 1. The Hall–Kier alpha value is -3.29. The maximum atomic E-state index is 12.9. The van der Waals surface area contributed by atoms with Crippen LogP contribution in [0.4, 0.5) is 10.3 Å². The van der Waals surface area contributed by atoms with Crippen molar-refractivity contribution in [2.45, 2.75) is 6.61 Å². The Labute approximate surface area is 131 Å². The zero-order chi connectivity index (χ0) is 16.1. The van der Waals surface area contributed by atoms with E-state index in [1.165, 1.54) is 12.1 Å². The van der Waals surface area contributed by atoms with Crippen LogP contribution < -0.4 is 10.5 Å². The predicted octanol–water partition coefficient (Wildman–Crippen LogP) is 1.86. The molecule has 0 radical (unpaired) electrons. The zero-order valence-electron chi connectivity index (χ0n) is 12.0. The normalized spacial score (nSPS) is 11.0. The fourth-order valence-electron chi connectivity index (χ4n) is 1.85. The molecule has 116 valence electrons. The van der Waals surface area contributed by atoms with Crippen LogP contribution >= 0.6 is 0 Å². The predicted molar refractivity (Wildman–Crippen MR) is 82.4 cm³/mol. The highest BCUT2D eigenvalue weighted by Gasteiger charge is 2.03. The summed E-state index contributed by atoms with van der Waals surface area (Å²) in [5.41, 5.74) is 7.14. The third kappa shape index (κ3) is 3.67. The lowest BCUT2D eigenvalue weighted by Crippen LogP contribution is -2.01. The van der Waals surface area contributed by atoms with Gasteiger partial charge in [0.15, 0.2) is 0 Å². The van der Waals surface area contributed by atoms with Crippen molar-refractivity contribution in [3.8, 4) is 5.75 Å². The van der Waals surface area contributed by atoms with Crippen molar-refractivity contribution >= 4 is 12.2 Å². The lowest BCUT2D eigenvalue weighted by Gasteiger charge is -2.08. The summed E-state index contributed by atoms with van der Waals surface area (Å²) in [6.07, 6.45) is 1.55. The highest BCUT2D eigenvalue weighted by Crippen LogP contribution is 2.18. The highest BCUT2D eigenvalue weighted by atomic mass is 19.1. The second-order valence-electron chi connectivity index (χ2n) is 4.62. The van der Waals surface area contributed by atoms with E-state index < -0.39 is 0 Å². The molecule has 8 heteroatoms. The van der Waals surface area contributed by atoms with Crippen LogP contribution in [0.2, 0.25) is 0 Å². The second-order valence-corrected chi connectivity index (χ2v) is 4.62. The molecule has 0 aliphatic heterocycles. The van der Waals surface area contributed by atoms with Crippen molar-refractivity contribution in [2.24, 2.45) is 5.10 Å². The first-order chi connectivity index (χ1) is 11.2. The molecule has 7 nitrogen and oxygen atoms in total. The van der Waals surface area contributed by atoms with Crippen LogP contribution in [-0.2, 0) is 6.61 Å². The average molecular weight is 312 g/mol. The van der Waals surface area contributed by atoms with E-state index in [0.717, 1.165) is 15.9 Å². The standard InChI is InChI=1S/C15H13FN6O/c16-13-7-5-11(6-8-13)10-23-14-4-2-1-3-12(14)9-18-22-15(17)19-20-21-22/h1-9H,10H2,(H2,17,19,21)/b18-9-. The number of nitrogen functional groups attached to an aromatic ring is 1. The maximum Gasteiger partial charge on any atom is 0.263 e. The molecule has 2 N–H and O–H groups in total. The molecule has 0 aliphatic rings. The van der Waals surface area contributed by atoms with E-state index in [9.17, 15) is 4.39 Å². The molecule has 0 saturated heterocycles. The number of anilines is 1. The summed E-state index contributed by atoms with van der Waals surface area (Å²) in [4.78, 5) is 1.11. The van der Waals surface area contributed by atoms with E-state index >= 15 is 0 Å². The Morgan fingerprint density at radius 3 is 2.70 bits per heavy atom. The minimum atomic E-state index is -0.277. The first kappa shape index (κ1) is 14.6. The number of hydrogen-bond donors (Lipinski definition) is 1. The summed E-state index contributed by atoms with van der Waals surface area (Å²) >= 11 is 0. The number of aromatic nitrogens is 4. The number of nitrogens with two attached hydrogens (primary N) is 1. The van der Waals surface area contributed by atoms with Crippen molar-refractivity contribution in [1.29, 1.82) is 0 Å². The van der Waals surface area contributed by atoms with Gasteiger partial charge in [0.05, 0.1) is 6.21 Å². The van der Waals surface area contributed by atoms with Gasteiger partial charge in [-0.15, -0.1) is 0 Å². The zero-order valence-corrected chi connectivity index (χ0v) is 12.0. The van der Waals surface area contributed by atoms with E-state index in [0.29, 0.717) is 12.4 Å². The van der Waals surface area contributed by atoms with Crippen LogP contribution in [0.5, 0.6) is 5.75 Å². The molecule has 0 amide bonds. The minimum Gasteiger partial charge on any atom is -0.488 e. The quantitative estimate of drug-likeness (QED) is 0.726. The largest absolute Gasteiger partial charge is 0.488 e. The monoisotopic (exact) mass is 312 g/mol. The van der Waals surface area contributed by atoms with Gasteiger partial charge in [-0.05, 0) is 40.3 Å². The first-order valence-corrected chi connectivity index (χ1v) is 6.77. The van der Waals surface area contributed by atoms with Gasteiger partial charge in [0.2, 0.25) is 0 Å². The summed E-state index contributed by atoms with van der Waals surface area (Å²) in [6.45, 7) is 0.318.